The molecule has 6 rings (SSSR count). The summed E-state index contributed by atoms with van der Waals surface area (Å²) in [5.41, 5.74) is 2.93. The molecule has 2 N–H and O–H groups in total. The number of carbonyl (C=O) groups excluding carboxylic acids is 1. The molecule has 2 fully saturated rings. The maximum atomic E-state index is 12.2. The van der Waals surface area contributed by atoms with E-state index in [1.54, 1.807) is 0 Å². The molecule has 0 unspecified atom stereocenters. The van der Waals surface area contributed by atoms with Gasteiger partial charge in [-0.3, -0.25) is 4.79 Å². The minimum absolute atomic E-state index is 0.294. The van der Waals surface area contributed by atoms with Crippen LogP contribution in [0.3, 0.4) is 0 Å². The molecule has 1 aliphatic heterocycles. The highest BCUT2D eigenvalue weighted by atomic mass is 16.5. The Labute approximate surface area is 221 Å². The van der Waals surface area contributed by atoms with Crippen molar-refractivity contribution in [3.05, 3.63) is 91.3 Å². The molecule has 7 nitrogen and oxygen atoms in total. The van der Waals surface area contributed by atoms with Crippen LogP contribution in [-0.4, -0.2) is 40.9 Å². The van der Waals surface area contributed by atoms with Crippen molar-refractivity contribution in [1.82, 2.24) is 14.9 Å². The van der Waals surface area contributed by atoms with Gasteiger partial charge in [0, 0.05) is 30.1 Å². The highest BCUT2D eigenvalue weighted by Crippen LogP contribution is 2.50. The van der Waals surface area contributed by atoms with E-state index in [9.17, 15) is 4.79 Å². The standard InChI is InChI=1S/C31H27N5O2/c1-3-30(37)35-28-16-25-29(15-20(28)9-14-24-26-17-36(2)18-27(24)26)32-19-33-31(25)34-21-10-12-23(13-11-21)38-22-7-5-4-6-8-22/h3-8,10-13,15-16,19,24,26-27H,1,17-18H2,2H3,(H,35,37)(H,32,33,34)/t24-,26+,27-. The molecule has 7 heteroatoms. The number of aromatic nitrogens is 2. The second-order valence-electron chi connectivity index (χ2n) is 9.74. The number of hydrogen-bond acceptors (Lipinski definition) is 6. The van der Waals surface area contributed by atoms with E-state index in [-0.39, 0.29) is 5.91 Å². The number of anilines is 3. The lowest BCUT2D eigenvalue weighted by Gasteiger charge is -2.12. The van der Waals surface area contributed by atoms with Crippen molar-refractivity contribution in [1.29, 1.82) is 0 Å². The van der Waals surface area contributed by atoms with Crippen LogP contribution >= 0.6 is 0 Å². The molecule has 2 heterocycles. The van der Waals surface area contributed by atoms with Crippen molar-refractivity contribution in [2.24, 2.45) is 17.8 Å². The van der Waals surface area contributed by atoms with Gasteiger partial charge < -0.3 is 20.3 Å². The SMILES string of the molecule is C=CC(=O)Nc1cc2c(Nc3ccc(Oc4ccccc4)cc3)ncnc2cc1C#C[C@H]1[C@H]2CN(C)C[C@@H]12. The Morgan fingerprint density at radius 3 is 2.53 bits per heavy atom. The lowest BCUT2D eigenvalue weighted by atomic mass is 10.1. The van der Waals surface area contributed by atoms with Gasteiger partial charge >= 0.3 is 0 Å². The molecule has 1 amide bonds. The number of para-hydroxylation sites is 1. The predicted molar refractivity (Wildman–Crippen MR) is 149 cm³/mol. The lowest BCUT2D eigenvalue weighted by molar-refractivity contribution is -0.111. The van der Waals surface area contributed by atoms with Crippen molar-refractivity contribution in [3.63, 3.8) is 0 Å². The van der Waals surface area contributed by atoms with E-state index in [1.165, 1.54) is 12.4 Å². The average molecular weight is 502 g/mol. The van der Waals surface area contributed by atoms with Crippen LogP contribution in [0.2, 0.25) is 0 Å². The summed E-state index contributed by atoms with van der Waals surface area (Å²) in [7, 11) is 2.15. The molecule has 38 heavy (non-hydrogen) atoms. The van der Waals surface area contributed by atoms with Crippen molar-refractivity contribution in [2.75, 3.05) is 30.8 Å². The van der Waals surface area contributed by atoms with Gasteiger partial charge in [0.25, 0.3) is 0 Å². The first-order valence-electron chi connectivity index (χ1n) is 12.6. The minimum atomic E-state index is -0.294. The smallest absolute Gasteiger partial charge is 0.247 e. The molecule has 3 aromatic carbocycles. The van der Waals surface area contributed by atoms with Gasteiger partial charge in [0.05, 0.1) is 16.8 Å². The number of amides is 1. The first kappa shape index (κ1) is 23.7. The third-order valence-corrected chi connectivity index (χ3v) is 7.06. The van der Waals surface area contributed by atoms with Crippen LogP contribution in [-0.2, 0) is 4.79 Å². The van der Waals surface area contributed by atoms with Crippen LogP contribution in [0, 0.1) is 29.6 Å². The van der Waals surface area contributed by atoms with E-state index in [0.717, 1.165) is 46.7 Å². The number of fused-ring (bicyclic) bond motifs is 2. The van der Waals surface area contributed by atoms with Crippen LogP contribution in [0.15, 0.2) is 85.7 Å². The van der Waals surface area contributed by atoms with E-state index >= 15 is 0 Å². The number of ether oxygens (including phenoxy) is 1. The highest BCUT2D eigenvalue weighted by molar-refractivity contribution is 6.03. The van der Waals surface area contributed by atoms with Crippen molar-refractivity contribution < 1.29 is 9.53 Å². The Kier molecular flexibility index (Phi) is 6.24. The van der Waals surface area contributed by atoms with Gasteiger partial charge in [-0.2, -0.15) is 0 Å². The quantitative estimate of drug-likeness (QED) is 0.270. The largest absolute Gasteiger partial charge is 0.457 e. The third kappa shape index (κ3) is 4.95. The number of nitrogens with zero attached hydrogens (tertiary/aromatic N) is 3. The molecule has 4 aromatic rings. The van der Waals surface area contributed by atoms with Gasteiger partial charge in [-0.1, -0.05) is 36.6 Å². The maximum absolute atomic E-state index is 12.2. The Balaban J connectivity index is 1.27. The van der Waals surface area contributed by atoms with Crippen LogP contribution in [0.5, 0.6) is 11.5 Å². The van der Waals surface area contributed by atoms with Crippen LogP contribution in [0.1, 0.15) is 5.56 Å². The van der Waals surface area contributed by atoms with E-state index < -0.39 is 0 Å². The molecule has 2 aliphatic rings. The Morgan fingerprint density at radius 2 is 1.79 bits per heavy atom. The normalized spacial score (nSPS) is 19.7. The van der Waals surface area contributed by atoms with Crippen LogP contribution in [0.4, 0.5) is 17.2 Å². The van der Waals surface area contributed by atoms with Gasteiger partial charge in [0.1, 0.15) is 23.6 Å². The summed E-state index contributed by atoms with van der Waals surface area (Å²) in [5.74, 6) is 10.3. The van der Waals surface area contributed by atoms with Crippen molar-refractivity contribution >= 4 is 34.0 Å². The van der Waals surface area contributed by atoms with Gasteiger partial charge in [0.2, 0.25) is 5.91 Å². The summed E-state index contributed by atoms with van der Waals surface area (Å²) in [6, 6.07) is 21.1. The number of hydrogen-bond donors (Lipinski definition) is 2. The van der Waals surface area contributed by atoms with Gasteiger partial charge in [-0.05, 0) is 73.5 Å². The monoisotopic (exact) mass is 501 g/mol. The Bertz CT molecular complexity index is 1560. The fourth-order valence-electron chi connectivity index (χ4n) is 5.07. The molecule has 1 aliphatic carbocycles. The summed E-state index contributed by atoms with van der Waals surface area (Å²) in [5, 5.41) is 7.04. The molecule has 188 valence electrons. The molecule has 3 atom stereocenters. The van der Waals surface area contributed by atoms with Gasteiger partial charge in [-0.15, -0.1) is 0 Å². The molecular formula is C31H27N5O2. The average Bonchev–Trinajstić information content (AvgIpc) is 3.40. The second-order valence-corrected chi connectivity index (χ2v) is 9.74. The topological polar surface area (TPSA) is 79.4 Å². The van der Waals surface area contributed by atoms with Gasteiger partial charge in [0.15, 0.2) is 0 Å². The number of benzene rings is 3. The van der Waals surface area contributed by atoms with Crippen molar-refractivity contribution in [2.45, 2.75) is 0 Å². The van der Waals surface area contributed by atoms with Crippen LogP contribution < -0.4 is 15.4 Å². The molecule has 0 bridgehead atoms. The van der Waals surface area contributed by atoms with E-state index in [2.05, 4.69) is 51.0 Å². The number of piperidine rings is 1. The number of likely N-dealkylation sites (tertiary alicyclic amines) is 1. The minimum Gasteiger partial charge on any atom is -0.457 e. The number of rotatable bonds is 6. The number of carbonyl (C=O) groups is 1. The highest BCUT2D eigenvalue weighted by Gasteiger charge is 2.53. The molecule has 1 saturated carbocycles. The zero-order chi connectivity index (χ0) is 26.1. The van der Waals surface area contributed by atoms with Crippen LogP contribution in [0.25, 0.3) is 10.9 Å². The zero-order valence-corrected chi connectivity index (χ0v) is 21.0. The molecular weight excluding hydrogens is 474 g/mol. The lowest BCUT2D eigenvalue weighted by Crippen LogP contribution is -2.18. The van der Waals surface area contributed by atoms with E-state index in [0.29, 0.717) is 29.3 Å². The van der Waals surface area contributed by atoms with E-state index in [1.807, 2.05) is 66.7 Å². The molecule has 1 saturated heterocycles. The second kappa shape index (κ2) is 10.0. The van der Waals surface area contributed by atoms with E-state index in [4.69, 9.17) is 4.74 Å². The number of nitrogens with one attached hydrogen (secondary N) is 2. The molecule has 0 spiro atoms. The summed E-state index contributed by atoms with van der Waals surface area (Å²) < 4.78 is 5.89. The first-order valence-corrected chi connectivity index (χ1v) is 12.6. The third-order valence-electron chi connectivity index (χ3n) is 7.06. The molecule has 0 radical (unpaired) electrons. The Morgan fingerprint density at radius 1 is 1.05 bits per heavy atom. The molecule has 1 aromatic heterocycles. The first-order chi connectivity index (χ1) is 18.6. The Hall–Kier alpha value is -4.67. The summed E-state index contributed by atoms with van der Waals surface area (Å²) in [6.07, 6.45) is 2.78. The maximum Gasteiger partial charge on any atom is 0.247 e. The fourth-order valence-corrected chi connectivity index (χ4v) is 5.07. The summed E-state index contributed by atoms with van der Waals surface area (Å²) in [4.78, 5) is 23.5. The fraction of sp³-hybridized carbons (Fsp3) is 0.194. The van der Waals surface area contributed by atoms with Crippen molar-refractivity contribution in [3.8, 4) is 23.3 Å². The summed E-state index contributed by atoms with van der Waals surface area (Å²) in [6.45, 7) is 5.79. The zero-order valence-electron chi connectivity index (χ0n) is 21.0. The predicted octanol–water partition coefficient (Wildman–Crippen LogP) is 5.45. The summed E-state index contributed by atoms with van der Waals surface area (Å²) >= 11 is 0. The van der Waals surface area contributed by atoms with Gasteiger partial charge in [-0.25, -0.2) is 9.97 Å².